The van der Waals surface area contributed by atoms with Gasteiger partial charge in [0.15, 0.2) is 0 Å². The Balaban J connectivity index is 0.000000370. The van der Waals surface area contributed by atoms with Gasteiger partial charge < -0.3 is 14.7 Å². The summed E-state index contributed by atoms with van der Waals surface area (Å²) in [5.41, 5.74) is 1.26. The Kier molecular flexibility index (Phi) is 8.04. The van der Waals surface area contributed by atoms with Crippen molar-refractivity contribution in [2.24, 2.45) is 0 Å². The molecule has 2 aliphatic rings. The number of hydrogen-bond donors (Lipinski definition) is 1. The Bertz CT molecular complexity index is 674. The molecule has 1 amide bonds. The first-order valence-corrected chi connectivity index (χ1v) is 9.62. The van der Waals surface area contributed by atoms with Crippen LogP contribution in [0.25, 0.3) is 0 Å². The fraction of sp³-hybridized carbons (Fsp3) is 0.600. The molecule has 1 spiro atoms. The molecule has 9 heteroatoms. The van der Waals surface area contributed by atoms with E-state index in [2.05, 4.69) is 11.8 Å². The highest BCUT2D eigenvalue weighted by molar-refractivity contribution is 5.78. The lowest BCUT2D eigenvalue weighted by molar-refractivity contribution is -0.192. The van der Waals surface area contributed by atoms with Crippen molar-refractivity contribution in [2.75, 3.05) is 39.4 Å². The lowest BCUT2D eigenvalue weighted by Crippen LogP contribution is -2.61. The van der Waals surface area contributed by atoms with Gasteiger partial charge in [0, 0.05) is 25.2 Å². The molecule has 0 aliphatic carbocycles. The predicted molar refractivity (Wildman–Crippen MR) is 100 cm³/mol. The third-order valence-corrected chi connectivity index (χ3v) is 5.42. The number of amides is 1. The summed E-state index contributed by atoms with van der Waals surface area (Å²) in [5, 5.41) is 7.12. The Morgan fingerprint density at radius 2 is 1.72 bits per heavy atom. The molecule has 162 valence electrons. The number of halogens is 3. The summed E-state index contributed by atoms with van der Waals surface area (Å²) in [6.45, 7) is 7.68. The third-order valence-electron chi connectivity index (χ3n) is 5.42. The van der Waals surface area contributed by atoms with Crippen LogP contribution in [0.5, 0.6) is 0 Å². The number of benzene rings is 1. The summed E-state index contributed by atoms with van der Waals surface area (Å²) in [6, 6.07) is 10.0. The molecule has 0 aromatic heterocycles. The number of carboxylic acids is 1. The molecular formula is C20H27F3N2O4. The van der Waals surface area contributed by atoms with Crippen LogP contribution in [-0.4, -0.2) is 77.9 Å². The number of likely N-dealkylation sites (tertiary alicyclic amines) is 1. The first kappa shape index (κ1) is 23.2. The monoisotopic (exact) mass is 416 g/mol. The number of morpholine rings is 1. The van der Waals surface area contributed by atoms with Crippen LogP contribution in [0.4, 0.5) is 13.2 Å². The number of nitrogens with zero attached hydrogens (tertiary/aromatic N) is 2. The van der Waals surface area contributed by atoms with Crippen LogP contribution in [0.15, 0.2) is 30.3 Å². The highest BCUT2D eigenvalue weighted by Gasteiger charge is 2.42. The number of carboxylic acid groups (broad SMARTS) is 1. The first-order valence-electron chi connectivity index (χ1n) is 9.62. The Morgan fingerprint density at radius 3 is 2.24 bits per heavy atom. The second-order valence-electron chi connectivity index (χ2n) is 7.20. The van der Waals surface area contributed by atoms with E-state index in [1.165, 1.54) is 0 Å². The Labute approximate surface area is 168 Å². The van der Waals surface area contributed by atoms with Crippen molar-refractivity contribution in [3.05, 3.63) is 35.9 Å². The van der Waals surface area contributed by atoms with Gasteiger partial charge in [-0.3, -0.25) is 9.69 Å². The van der Waals surface area contributed by atoms with Crippen molar-refractivity contribution in [1.29, 1.82) is 0 Å². The van der Waals surface area contributed by atoms with Gasteiger partial charge in [0.05, 0.1) is 19.6 Å². The summed E-state index contributed by atoms with van der Waals surface area (Å²) >= 11 is 0. The van der Waals surface area contributed by atoms with E-state index >= 15 is 0 Å². The van der Waals surface area contributed by atoms with Gasteiger partial charge in [0.25, 0.3) is 0 Å². The number of rotatable bonds is 3. The fourth-order valence-electron chi connectivity index (χ4n) is 3.77. The van der Waals surface area contributed by atoms with Gasteiger partial charge in [-0.05, 0) is 24.9 Å². The summed E-state index contributed by atoms with van der Waals surface area (Å²) < 4.78 is 37.5. The first-order chi connectivity index (χ1) is 13.7. The average Bonchev–Trinajstić information content (AvgIpc) is 2.69. The highest BCUT2D eigenvalue weighted by atomic mass is 19.4. The van der Waals surface area contributed by atoms with E-state index in [0.29, 0.717) is 6.42 Å². The minimum atomic E-state index is -5.08. The number of alkyl halides is 3. The smallest absolute Gasteiger partial charge is 0.475 e. The third kappa shape index (κ3) is 6.43. The molecule has 2 fully saturated rings. The molecule has 0 unspecified atom stereocenters. The molecule has 0 atom stereocenters. The molecule has 0 radical (unpaired) electrons. The Morgan fingerprint density at radius 1 is 1.14 bits per heavy atom. The van der Waals surface area contributed by atoms with Crippen LogP contribution >= 0.6 is 0 Å². The van der Waals surface area contributed by atoms with E-state index in [-0.39, 0.29) is 11.4 Å². The lowest BCUT2D eigenvalue weighted by Gasteiger charge is -2.50. The van der Waals surface area contributed by atoms with Crippen molar-refractivity contribution >= 4 is 11.9 Å². The van der Waals surface area contributed by atoms with Gasteiger partial charge in [0.2, 0.25) is 5.91 Å². The van der Waals surface area contributed by atoms with Crippen LogP contribution in [0.3, 0.4) is 0 Å². The molecular weight excluding hydrogens is 389 g/mol. The number of carbonyl (C=O) groups is 2. The second-order valence-corrected chi connectivity index (χ2v) is 7.20. The van der Waals surface area contributed by atoms with E-state index in [0.717, 1.165) is 57.8 Å². The second kappa shape index (κ2) is 10.1. The van der Waals surface area contributed by atoms with Crippen molar-refractivity contribution in [3.63, 3.8) is 0 Å². The molecule has 29 heavy (non-hydrogen) atoms. The summed E-state index contributed by atoms with van der Waals surface area (Å²) in [6.07, 6.45) is -2.51. The number of ether oxygens (including phenoxy) is 1. The summed E-state index contributed by atoms with van der Waals surface area (Å²) in [5.74, 6) is -2.51. The molecule has 1 aromatic rings. The molecule has 1 aromatic carbocycles. The molecule has 2 heterocycles. The molecule has 3 rings (SSSR count). The van der Waals surface area contributed by atoms with Gasteiger partial charge in [-0.15, -0.1) is 0 Å². The zero-order chi connectivity index (χ0) is 21.5. The maximum atomic E-state index is 12.5. The van der Waals surface area contributed by atoms with Crippen molar-refractivity contribution < 1.29 is 32.6 Å². The maximum absolute atomic E-state index is 12.5. The molecule has 1 N–H and O–H groups in total. The predicted octanol–water partition coefficient (Wildman–Crippen LogP) is 2.58. The normalized spacial score (nSPS) is 19.4. The van der Waals surface area contributed by atoms with Crippen LogP contribution in [0.1, 0.15) is 25.3 Å². The Hall–Kier alpha value is -2.13. The quantitative estimate of drug-likeness (QED) is 0.820. The van der Waals surface area contributed by atoms with E-state index in [9.17, 15) is 18.0 Å². The molecule has 0 bridgehead atoms. The van der Waals surface area contributed by atoms with E-state index in [1.54, 1.807) is 0 Å². The number of aliphatic carboxylic acids is 1. The fourth-order valence-corrected chi connectivity index (χ4v) is 3.77. The van der Waals surface area contributed by atoms with Crippen molar-refractivity contribution in [2.45, 2.75) is 37.9 Å². The van der Waals surface area contributed by atoms with Crippen LogP contribution in [0.2, 0.25) is 0 Å². The van der Waals surface area contributed by atoms with Gasteiger partial charge in [0.1, 0.15) is 0 Å². The van der Waals surface area contributed by atoms with E-state index < -0.39 is 12.1 Å². The van der Waals surface area contributed by atoms with Crippen LogP contribution < -0.4 is 0 Å². The lowest BCUT2D eigenvalue weighted by atomic mass is 9.85. The van der Waals surface area contributed by atoms with Gasteiger partial charge in [-0.1, -0.05) is 37.3 Å². The largest absolute Gasteiger partial charge is 0.490 e. The van der Waals surface area contributed by atoms with Crippen LogP contribution in [-0.2, 0) is 20.7 Å². The molecule has 2 saturated heterocycles. The number of likely N-dealkylation sites (N-methyl/N-ethyl adjacent to an activating group) is 1. The average molecular weight is 416 g/mol. The van der Waals surface area contributed by atoms with Gasteiger partial charge >= 0.3 is 12.1 Å². The van der Waals surface area contributed by atoms with Crippen LogP contribution in [0, 0.1) is 0 Å². The number of carbonyl (C=O) groups excluding carboxylic acids is 1. The molecule has 2 aliphatic heterocycles. The van der Waals surface area contributed by atoms with E-state index in [1.807, 2.05) is 35.2 Å². The SMILES string of the molecule is CCN1CCOCC12CCN(C(=O)Cc1ccccc1)CC2.O=C(O)C(F)(F)F. The topological polar surface area (TPSA) is 70.1 Å². The zero-order valence-electron chi connectivity index (χ0n) is 16.5. The van der Waals surface area contributed by atoms with Crippen molar-refractivity contribution in [3.8, 4) is 0 Å². The van der Waals surface area contributed by atoms with Gasteiger partial charge in [-0.25, -0.2) is 4.79 Å². The summed E-state index contributed by atoms with van der Waals surface area (Å²) in [4.78, 5) is 25.9. The number of hydrogen-bond acceptors (Lipinski definition) is 4. The minimum Gasteiger partial charge on any atom is -0.475 e. The van der Waals surface area contributed by atoms with Gasteiger partial charge in [-0.2, -0.15) is 13.2 Å². The van der Waals surface area contributed by atoms with Crippen molar-refractivity contribution in [1.82, 2.24) is 9.80 Å². The molecule has 6 nitrogen and oxygen atoms in total. The molecule has 0 saturated carbocycles. The summed E-state index contributed by atoms with van der Waals surface area (Å²) in [7, 11) is 0. The highest BCUT2D eigenvalue weighted by Crippen LogP contribution is 2.31. The maximum Gasteiger partial charge on any atom is 0.490 e. The minimum absolute atomic E-state index is 0.163. The standard InChI is InChI=1S/C18H26N2O2.C2HF3O2/c1-2-20-12-13-22-15-18(20)8-10-19(11-9-18)17(21)14-16-6-4-3-5-7-16;3-2(4,5)1(6)7/h3-7H,2,8-15H2,1H3;(H,6,7). The number of piperidine rings is 1. The zero-order valence-corrected chi connectivity index (χ0v) is 16.5. The van der Waals surface area contributed by atoms with E-state index in [4.69, 9.17) is 14.6 Å².